The molecule has 4 rings (SSSR count). The molecule has 1 aromatic heterocycles. The van der Waals surface area contributed by atoms with E-state index in [0.717, 1.165) is 12.2 Å². The van der Waals surface area contributed by atoms with E-state index in [2.05, 4.69) is 20.3 Å². The lowest BCUT2D eigenvalue weighted by Crippen LogP contribution is -2.48. The molecule has 2 atom stereocenters. The summed E-state index contributed by atoms with van der Waals surface area (Å²) in [6, 6.07) is 4.42. The topological polar surface area (TPSA) is 112 Å². The third-order valence-corrected chi connectivity index (χ3v) is 6.15. The Labute approximate surface area is 177 Å². The molecule has 0 aliphatic carbocycles. The molecule has 2 aliphatic rings. The van der Waals surface area contributed by atoms with Crippen molar-refractivity contribution in [2.75, 3.05) is 30.9 Å². The molecule has 2 aliphatic heterocycles. The van der Waals surface area contributed by atoms with E-state index in [1.54, 1.807) is 6.07 Å². The van der Waals surface area contributed by atoms with Gasteiger partial charge in [0.2, 0.25) is 5.88 Å². The number of aliphatic imine (C=N–C) groups is 1. The maximum atomic E-state index is 14.9. The number of nitrogens with two attached hydrogens (primary N) is 1. The fraction of sp³-hybridized carbons (Fsp3) is 0.400. The minimum absolute atomic E-state index is 0.0981. The second-order valence-electron chi connectivity index (χ2n) is 7.05. The quantitative estimate of drug-likeness (QED) is 0.748. The molecular formula is C20H22FN5O3S. The standard InChI is InChI=1S/C20H22FN5O3S/c1-2-29-17-9-23-16(8-24-17)18(27)25-13-3-4-15(21)14(7-13)20-11-28-6-5-12(20)10-30-19(22)26-20/h3-4,7-9,12H,2,5-6,10-11H2,1H3,(H2,22,26)(H,25,27). The third kappa shape index (κ3) is 3.97. The summed E-state index contributed by atoms with van der Waals surface area (Å²) in [6.07, 6.45) is 3.48. The number of rotatable bonds is 5. The summed E-state index contributed by atoms with van der Waals surface area (Å²) in [5.41, 5.74) is 6.01. The molecule has 30 heavy (non-hydrogen) atoms. The van der Waals surface area contributed by atoms with Gasteiger partial charge in [0.05, 0.1) is 25.6 Å². The number of ether oxygens (including phenoxy) is 2. The van der Waals surface area contributed by atoms with Crippen molar-refractivity contribution in [3.63, 3.8) is 0 Å². The number of carbonyl (C=O) groups excluding carboxylic acids is 1. The van der Waals surface area contributed by atoms with E-state index in [0.29, 0.717) is 35.5 Å². The number of nitrogens with zero attached hydrogens (tertiary/aromatic N) is 3. The zero-order valence-corrected chi connectivity index (χ0v) is 17.2. The van der Waals surface area contributed by atoms with Gasteiger partial charge in [-0.1, -0.05) is 11.8 Å². The molecule has 3 heterocycles. The predicted molar refractivity (Wildman–Crippen MR) is 112 cm³/mol. The summed E-state index contributed by atoms with van der Waals surface area (Å²) in [5, 5.41) is 3.16. The average molecular weight is 431 g/mol. The molecule has 3 N–H and O–H groups in total. The Balaban J connectivity index is 1.62. The number of benzene rings is 1. The monoisotopic (exact) mass is 431 g/mol. The molecule has 1 saturated heterocycles. The zero-order chi connectivity index (χ0) is 21.1. The highest BCUT2D eigenvalue weighted by atomic mass is 32.2. The number of anilines is 1. The Hall–Kier alpha value is -2.72. The zero-order valence-electron chi connectivity index (χ0n) is 16.4. The number of hydrogen-bond donors (Lipinski definition) is 2. The van der Waals surface area contributed by atoms with Crippen molar-refractivity contribution in [3.8, 4) is 5.88 Å². The number of fused-ring (bicyclic) bond motifs is 1. The van der Waals surface area contributed by atoms with Gasteiger partial charge in [-0.3, -0.25) is 4.79 Å². The van der Waals surface area contributed by atoms with E-state index in [1.807, 2.05) is 6.92 Å². The number of nitrogens with one attached hydrogen (secondary N) is 1. The van der Waals surface area contributed by atoms with E-state index in [4.69, 9.17) is 15.2 Å². The van der Waals surface area contributed by atoms with Gasteiger partial charge in [-0.2, -0.15) is 0 Å². The molecule has 8 nitrogen and oxygen atoms in total. The van der Waals surface area contributed by atoms with Crippen molar-refractivity contribution in [1.82, 2.24) is 9.97 Å². The van der Waals surface area contributed by atoms with Gasteiger partial charge in [-0.25, -0.2) is 19.4 Å². The second kappa shape index (κ2) is 8.57. The van der Waals surface area contributed by atoms with E-state index in [1.165, 1.54) is 36.3 Å². The van der Waals surface area contributed by atoms with E-state index < -0.39 is 17.3 Å². The van der Waals surface area contributed by atoms with Crippen molar-refractivity contribution in [3.05, 3.63) is 47.7 Å². The van der Waals surface area contributed by atoms with Crippen LogP contribution < -0.4 is 15.8 Å². The van der Waals surface area contributed by atoms with E-state index in [9.17, 15) is 9.18 Å². The molecule has 1 aromatic carbocycles. The predicted octanol–water partition coefficient (Wildman–Crippen LogP) is 2.56. The van der Waals surface area contributed by atoms with Crippen LogP contribution in [0.25, 0.3) is 0 Å². The molecule has 0 saturated carbocycles. The fourth-order valence-electron chi connectivity index (χ4n) is 3.71. The van der Waals surface area contributed by atoms with Crippen molar-refractivity contribution in [1.29, 1.82) is 0 Å². The molecule has 0 bridgehead atoms. The second-order valence-corrected chi connectivity index (χ2v) is 8.09. The van der Waals surface area contributed by atoms with Gasteiger partial charge in [-0.05, 0) is 31.5 Å². The van der Waals surface area contributed by atoms with Crippen LogP contribution in [0.5, 0.6) is 5.88 Å². The van der Waals surface area contributed by atoms with Gasteiger partial charge in [0.15, 0.2) is 5.17 Å². The first-order valence-corrected chi connectivity index (χ1v) is 10.6. The summed E-state index contributed by atoms with van der Waals surface area (Å²) < 4.78 is 25.8. The maximum Gasteiger partial charge on any atom is 0.275 e. The summed E-state index contributed by atoms with van der Waals surface area (Å²) in [5.74, 6) is 0.315. The number of carbonyl (C=O) groups is 1. The Morgan fingerprint density at radius 3 is 3.07 bits per heavy atom. The fourth-order valence-corrected chi connectivity index (χ4v) is 4.76. The highest BCUT2D eigenvalue weighted by Gasteiger charge is 2.47. The van der Waals surface area contributed by atoms with Crippen LogP contribution in [0, 0.1) is 11.7 Å². The lowest BCUT2D eigenvalue weighted by Gasteiger charge is -2.43. The number of halogens is 1. The van der Waals surface area contributed by atoms with Crippen LogP contribution in [-0.4, -0.2) is 46.6 Å². The molecular weight excluding hydrogens is 409 g/mol. The van der Waals surface area contributed by atoms with Crippen molar-refractivity contribution >= 4 is 28.5 Å². The van der Waals surface area contributed by atoms with Crippen LogP contribution in [0.3, 0.4) is 0 Å². The van der Waals surface area contributed by atoms with Crippen LogP contribution in [0.4, 0.5) is 10.1 Å². The number of aromatic nitrogens is 2. The van der Waals surface area contributed by atoms with E-state index in [-0.39, 0.29) is 18.2 Å². The van der Waals surface area contributed by atoms with Crippen LogP contribution >= 0.6 is 11.8 Å². The Morgan fingerprint density at radius 2 is 2.30 bits per heavy atom. The first-order valence-electron chi connectivity index (χ1n) is 9.64. The maximum absolute atomic E-state index is 14.9. The minimum Gasteiger partial charge on any atom is -0.477 e. The summed E-state index contributed by atoms with van der Waals surface area (Å²) in [4.78, 5) is 25.3. The van der Waals surface area contributed by atoms with Crippen LogP contribution in [-0.2, 0) is 10.3 Å². The molecule has 2 unspecified atom stereocenters. The minimum atomic E-state index is -0.892. The van der Waals surface area contributed by atoms with Gasteiger partial charge < -0.3 is 20.5 Å². The van der Waals surface area contributed by atoms with Gasteiger partial charge in [-0.15, -0.1) is 0 Å². The highest BCUT2D eigenvalue weighted by molar-refractivity contribution is 8.13. The highest BCUT2D eigenvalue weighted by Crippen LogP contribution is 2.45. The van der Waals surface area contributed by atoms with Crippen molar-refractivity contribution in [2.24, 2.45) is 16.6 Å². The Morgan fingerprint density at radius 1 is 1.43 bits per heavy atom. The van der Waals surface area contributed by atoms with E-state index >= 15 is 0 Å². The first-order chi connectivity index (χ1) is 14.5. The first kappa shape index (κ1) is 20.5. The van der Waals surface area contributed by atoms with Gasteiger partial charge in [0.1, 0.15) is 17.1 Å². The molecule has 10 heteroatoms. The van der Waals surface area contributed by atoms with Crippen LogP contribution in [0.1, 0.15) is 29.4 Å². The molecule has 0 radical (unpaired) electrons. The summed E-state index contributed by atoms with van der Waals surface area (Å²) in [6.45, 7) is 3.14. The van der Waals surface area contributed by atoms with Gasteiger partial charge >= 0.3 is 0 Å². The van der Waals surface area contributed by atoms with Crippen molar-refractivity contribution < 1.29 is 18.7 Å². The Kier molecular flexibility index (Phi) is 5.87. The van der Waals surface area contributed by atoms with Crippen LogP contribution in [0.15, 0.2) is 35.6 Å². The number of amides is 1. The molecule has 1 amide bonds. The molecule has 0 spiro atoms. The van der Waals surface area contributed by atoms with Crippen molar-refractivity contribution in [2.45, 2.75) is 18.9 Å². The number of thioether (sulfide) groups is 1. The average Bonchev–Trinajstić information content (AvgIpc) is 2.75. The lowest BCUT2D eigenvalue weighted by atomic mass is 9.76. The number of amidine groups is 1. The Bertz CT molecular complexity index is 971. The third-order valence-electron chi connectivity index (χ3n) is 5.19. The number of hydrogen-bond acceptors (Lipinski definition) is 8. The van der Waals surface area contributed by atoms with Crippen LogP contribution in [0.2, 0.25) is 0 Å². The molecule has 1 fully saturated rings. The van der Waals surface area contributed by atoms with Gasteiger partial charge in [0, 0.05) is 29.5 Å². The molecule has 158 valence electrons. The summed E-state index contributed by atoms with van der Waals surface area (Å²) >= 11 is 1.47. The smallest absolute Gasteiger partial charge is 0.275 e. The SMILES string of the molecule is CCOc1cnc(C(=O)Nc2ccc(F)c(C34COCCC3CSC(N)=N4)c2)cn1. The normalized spacial score (nSPS) is 23.3. The summed E-state index contributed by atoms with van der Waals surface area (Å²) in [7, 11) is 0. The largest absolute Gasteiger partial charge is 0.477 e. The van der Waals surface area contributed by atoms with Gasteiger partial charge in [0.25, 0.3) is 5.91 Å². The lowest BCUT2D eigenvalue weighted by molar-refractivity contribution is 0.00304. The molecule has 2 aromatic rings.